The first-order valence-corrected chi connectivity index (χ1v) is 8.11. The summed E-state index contributed by atoms with van der Waals surface area (Å²) in [5.74, 6) is -0.937. The normalized spacial score (nSPS) is 10.7. The maximum absolute atomic E-state index is 11.7. The molecule has 3 aromatic rings. The van der Waals surface area contributed by atoms with E-state index in [0.717, 1.165) is 15.7 Å². The lowest BCUT2D eigenvalue weighted by molar-refractivity contribution is 0.0697. The van der Waals surface area contributed by atoms with Crippen LogP contribution in [0.25, 0.3) is 16.8 Å². The number of carboxylic acids is 1. The summed E-state index contributed by atoms with van der Waals surface area (Å²) in [4.78, 5) is 11.7. The number of carbonyl (C=O) groups is 1. The van der Waals surface area contributed by atoms with E-state index in [1.54, 1.807) is 19.1 Å². The Morgan fingerprint density at radius 3 is 2.26 bits per heavy atom. The molecule has 1 N–H and O–H groups in total. The molecule has 23 heavy (non-hydrogen) atoms. The molecule has 0 atom stereocenters. The van der Waals surface area contributed by atoms with Crippen molar-refractivity contribution in [3.63, 3.8) is 0 Å². The van der Waals surface area contributed by atoms with Crippen molar-refractivity contribution in [1.29, 1.82) is 0 Å². The zero-order valence-corrected chi connectivity index (χ0v) is 14.6. The van der Waals surface area contributed by atoms with Crippen LogP contribution < -0.4 is 0 Å². The Labute approximate surface area is 147 Å². The first kappa shape index (κ1) is 15.8. The van der Waals surface area contributed by atoms with E-state index in [0.29, 0.717) is 21.8 Å². The predicted octanol–water partition coefficient (Wildman–Crippen LogP) is 5.57. The fourth-order valence-electron chi connectivity index (χ4n) is 2.59. The lowest BCUT2D eigenvalue weighted by Crippen LogP contribution is -2.02. The summed E-state index contributed by atoms with van der Waals surface area (Å²) < 4.78 is 2.82. The Morgan fingerprint density at radius 2 is 1.70 bits per heavy atom. The summed E-state index contributed by atoms with van der Waals surface area (Å²) in [6.07, 6.45) is 1.85. The first-order valence-electron chi connectivity index (χ1n) is 6.94. The number of benzene rings is 2. The van der Waals surface area contributed by atoms with Gasteiger partial charge in [0.15, 0.2) is 0 Å². The van der Waals surface area contributed by atoms with Crippen molar-refractivity contribution in [2.75, 3.05) is 0 Å². The van der Waals surface area contributed by atoms with Gasteiger partial charge in [-0.3, -0.25) is 0 Å². The van der Waals surface area contributed by atoms with Gasteiger partial charge in [0.25, 0.3) is 0 Å². The highest BCUT2D eigenvalue weighted by Crippen LogP contribution is 2.31. The molecule has 0 spiro atoms. The Bertz CT molecular complexity index is 867. The van der Waals surface area contributed by atoms with Gasteiger partial charge < -0.3 is 9.67 Å². The molecule has 0 saturated carbocycles. The van der Waals surface area contributed by atoms with Gasteiger partial charge >= 0.3 is 5.97 Å². The smallest absolute Gasteiger partial charge is 0.338 e. The SMILES string of the molecule is Cc1c(C(=O)O)c(-c2ccc(Br)cc2)cn1-c1ccc(Cl)cc1. The van der Waals surface area contributed by atoms with E-state index in [1.807, 2.05) is 47.2 Å². The first-order chi connectivity index (χ1) is 11.0. The summed E-state index contributed by atoms with van der Waals surface area (Å²) >= 11 is 9.32. The monoisotopic (exact) mass is 389 g/mol. The second-order valence-corrected chi connectivity index (χ2v) is 6.51. The van der Waals surface area contributed by atoms with Crippen LogP contribution >= 0.6 is 27.5 Å². The number of hydrogen-bond acceptors (Lipinski definition) is 1. The van der Waals surface area contributed by atoms with Crippen molar-refractivity contribution < 1.29 is 9.90 Å². The van der Waals surface area contributed by atoms with E-state index in [2.05, 4.69) is 15.9 Å². The highest BCUT2D eigenvalue weighted by Gasteiger charge is 2.20. The summed E-state index contributed by atoms with van der Waals surface area (Å²) in [5.41, 5.74) is 3.41. The molecule has 0 amide bonds. The average Bonchev–Trinajstić information content (AvgIpc) is 2.86. The summed E-state index contributed by atoms with van der Waals surface area (Å²) in [6.45, 7) is 1.81. The Kier molecular flexibility index (Phi) is 4.28. The third kappa shape index (κ3) is 3.05. The number of carboxylic acid groups (broad SMARTS) is 1. The van der Waals surface area contributed by atoms with Crippen molar-refractivity contribution in [2.24, 2.45) is 0 Å². The highest BCUT2D eigenvalue weighted by atomic mass is 79.9. The number of aromatic nitrogens is 1. The second-order valence-electron chi connectivity index (χ2n) is 5.16. The number of halogens is 2. The fourth-order valence-corrected chi connectivity index (χ4v) is 2.98. The molecule has 5 heteroatoms. The number of hydrogen-bond donors (Lipinski definition) is 1. The van der Waals surface area contributed by atoms with Crippen molar-refractivity contribution in [3.8, 4) is 16.8 Å². The van der Waals surface area contributed by atoms with Crippen LogP contribution in [0.1, 0.15) is 16.1 Å². The van der Waals surface area contributed by atoms with E-state index < -0.39 is 5.97 Å². The Morgan fingerprint density at radius 1 is 1.09 bits per heavy atom. The number of rotatable bonds is 3. The van der Waals surface area contributed by atoms with Crippen molar-refractivity contribution in [2.45, 2.75) is 6.92 Å². The summed E-state index contributed by atoms with van der Waals surface area (Å²) in [6, 6.07) is 14.9. The maximum atomic E-state index is 11.7. The third-order valence-corrected chi connectivity index (χ3v) is 4.51. The van der Waals surface area contributed by atoms with E-state index in [4.69, 9.17) is 11.6 Å². The topological polar surface area (TPSA) is 42.2 Å². The molecule has 116 valence electrons. The minimum Gasteiger partial charge on any atom is -0.478 e. The van der Waals surface area contributed by atoms with Crippen molar-refractivity contribution >= 4 is 33.5 Å². The molecule has 3 rings (SSSR count). The molecule has 2 aromatic carbocycles. The van der Waals surface area contributed by atoms with Crippen LogP contribution in [-0.2, 0) is 0 Å². The molecule has 0 saturated heterocycles. The second kappa shape index (κ2) is 6.22. The van der Waals surface area contributed by atoms with Crippen LogP contribution in [-0.4, -0.2) is 15.6 Å². The molecule has 3 nitrogen and oxygen atoms in total. The van der Waals surface area contributed by atoms with Gasteiger partial charge in [-0.2, -0.15) is 0 Å². The molecule has 1 aromatic heterocycles. The van der Waals surface area contributed by atoms with Gasteiger partial charge in [-0.25, -0.2) is 4.79 Å². The Balaban J connectivity index is 2.20. The molecule has 0 unspecified atom stereocenters. The van der Waals surface area contributed by atoms with Gasteiger partial charge in [0, 0.05) is 32.6 Å². The Hall–Kier alpha value is -2.04. The van der Waals surface area contributed by atoms with Crippen molar-refractivity contribution in [3.05, 3.63) is 75.5 Å². The molecular formula is C18H13BrClNO2. The minimum atomic E-state index is -0.937. The number of aromatic carboxylic acids is 1. The van der Waals surface area contributed by atoms with E-state index in [9.17, 15) is 9.90 Å². The van der Waals surface area contributed by atoms with Crippen LogP contribution in [0.2, 0.25) is 5.02 Å². The molecular weight excluding hydrogens is 378 g/mol. The fraction of sp³-hybridized carbons (Fsp3) is 0.0556. The number of nitrogens with zero attached hydrogens (tertiary/aromatic N) is 1. The van der Waals surface area contributed by atoms with Crippen molar-refractivity contribution in [1.82, 2.24) is 4.57 Å². The molecule has 1 heterocycles. The molecule has 0 radical (unpaired) electrons. The van der Waals surface area contributed by atoms with E-state index in [1.165, 1.54) is 0 Å². The molecule has 0 aliphatic carbocycles. The molecule has 0 aliphatic rings. The predicted molar refractivity (Wildman–Crippen MR) is 95.6 cm³/mol. The standard InChI is InChI=1S/C18H13BrClNO2/c1-11-17(18(22)23)16(12-2-4-13(19)5-3-12)10-21(11)15-8-6-14(20)7-9-15/h2-10H,1H3,(H,22,23). The van der Waals surface area contributed by atoms with Gasteiger partial charge in [-0.1, -0.05) is 39.7 Å². The zero-order valence-electron chi connectivity index (χ0n) is 12.3. The van der Waals surface area contributed by atoms with Gasteiger partial charge in [-0.15, -0.1) is 0 Å². The quantitative estimate of drug-likeness (QED) is 0.635. The highest BCUT2D eigenvalue weighted by molar-refractivity contribution is 9.10. The molecule has 0 bridgehead atoms. The van der Waals surface area contributed by atoms with Gasteiger partial charge in [0.1, 0.15) is 0 Å². The van der Waals surface area contributed by atoms with E-state index >= 15 is 0 Å². The molecule has 0 aliphatic heterocycles. The zero-order chi connectivity index (χ0) is 16.6. The lowest BCUT2D eigenvalue weighted by Gasteiger charge is -2.06. The largest absolute Gasteiger partial charge is 0.478 e. The van der Waals surface area contributed by atoms with Gasteiger partial charge in [0.05, 0.1) is 5.56 Å². The molecule has 0 fully saturated rings. The maximum Gasteiger partial charge on any atom is 0.338 e. The minimum absolute atomic E-state index is 0.308. The lowest BCUT2D eigenvalue weighted by atomic mass is 10.0. The summed E-state index contributed by atoms with van der Waals surface area (Å²) in [5, 5.41) is 10.3. The summed E-state index contributed by atoms with van der Waals surface area (Å²) in [7, 11) is 0. The van der Waals surface area contributed by atoms with Gasteiger partial charge in [0.2, 0.25) is 0 Å². The van der Waals surface area contributed by atoms with Gasteiger partial charge in [-0.05, 0) is 48.9 Å². The third-order valence-electron chi connectivity index (χ3n) is 3.72. The van der Waals surface area contributed by atoms with E-state index in [-0.39, 0.29) is 0 Å². The van der Waals surface area contributed by atoms with Crippen LogP contribution in [0.4, 0.5) is 0 Å². The van der Waals surface area contributed by atoms with Crippen LogP contribution in [0.3, 0.4) is 0 Å². The van der Waals surface area contributed by atoms with Crippen LogP contribution in [0, 0.1) is 6.92 Å². The van der Waals surface area contributed by atoms with Crippen LogP contribution in [0.5, 0.6) is 0 Å². The average molecular weight is 391 g/mol. The van der Waals surface area contributed by atoms with Crippen LogP contribution in [0.15, 0.2) is 59.2 Å².